The van der Waals surface area contributed by atoms with Crippen molar-refractivity contribution in [3.8, 4) is 0 Å². The zero-order valence-corrected chi connectivity index (χ0v) is 14.0. The maximum absolute atomic E-state index is 11.6. The first kappa shape index (κ1) is 18.6. The highest BCUT2D eigenvalue weighted by atomic mass is 28.3. The van der Waals surface area contributed by atoms with Crippen LogP contribution in [0, 0.1) is 0 Å². The Morgan fingerprint density at radius 2 is 1.50 bits per heavy atom. The van der Waals surface area contributed by atoms with Crippen molar-refractivity contribution in [1.29, 1.82) is 0 Å². The van der Waals surface area contributed by atoms with Crippen LogP contribution in [0.1, 0.15) is 32.6 Å². The molecule has 0 aromatic heterocycles. The molecule has 0 N–H and O–H groups in total. The Morgan fingerprint density at radius 1 is 1.05 bits per heavy atom. The van der Waals surface area contributed by atoms with Crippen molar-refractivity contribution in [1.82, 2.24) is 0 Å². The second-order valence-electron chi connectivity index (χ2n) is 5.71. The van der Waals surface area contributed by atoms with Gasteiger partial charge in [0, 0.05) is 18.6 Å². The van der Waals surface area contributed by atoms with Crippen molar-refractivity contribution < 1.29 is 19.1 Å². The lowest BCUT2D eigenvalue weighted by Crippen LogP contribution is -2.58. The third-order valence-electron chi connectivity index (χ3n) is 3.12. The van der Waals surface area contributed by atoms with Crippen LogP contribution in [0.15, 0.2) is 25.3 Å². The van der Waals surface area contributed by atoms with Crippen molar-refractivity contribution in [2.24, 2.45) is 0 Å². The Hall–Kier alpha value is -1.36. The molecule has 0 atom stereocenters. The summed E-state index contributed by atoms with van der Waals surface area (Å²) >= 11 is 0. The van der Waals surface area contributed by atoms with Gasteiger partial charge in [0.05, 0.1) is 0 Å². The third kappa shape index (κ3) is 5.33. The van der Waals surface area contributed by atoms with Gasteiger partial charge in [0.25, 0.3) is 0 Å². The number of esters is 2. The maximum Gasteiger partial charge on any atom is 0.333 e. The molecule has 0 aliphatic rings. The SMILES string of the molecule is C=CC(=O)OC(CCCCC)(OC(=O)C=C)[Si](C)(C)C. The summed E-state index contributed by atoms with van der Waals surface area (Å²) in [5.41, 5.74) is -1.17. The van der Waals surface area contributed by atoms with Gasteiger partial charge < -0.3 is 9.47 Å². The third-order valence-corrected chi connectivity index (χ3v) is 5.86. The van der Waals surface area contributed by atoms with Gasteiger partial charge in [-0.2, -0.15) is 0 Å². The van der Waals surface area contributed by atoms with Crippen LogP contribution in [0.25, 0.3) is 0 Å². The molecule has 0 unspecified atom stereocenters. The second-order valence-corrected chi connectivity index (χ2v) is 11.0. The van der Waals surface area contributed by atoms with E-state index in [0.717, 1.165) is 31.4 Å². The van der Waals surface area contributed by atoms with E-state index < -0.39 is 25.4 Å². The van der Waals surface area contributed by atoms with Gasteiger partial charge in [0.2, 0.25) is 5.41 Å². The number of ether oxygens (including phenoxy) is 2. The molecule has 0 heterocycles. The fourth-order valence-electron chi connectivity index (χ4n) is 1.82. The van der Waals surface area contributed by atoms with Crippen molar-refractivity contribution in [2.75, 3.05) is 0 Å². The van der Waals surface area contributed by atoms with E-state index >= 15 is 0 Å². The van der Waals surface area contributed by atoms with Gasteiger partial charge in [0.1, 0.15) is 8.07 Å². The predicted octanol–water partition coefficient (Wildman–Crippen LogP) is 3.60. The number of hydrogen-bond acceptors (Lipinski definition) is 4. The molecular weight excluding hydrogens is 272 g/mol. The number of hydrogen-bond donors (Lipinski definition) is 0. The molecule has 0 fully saturated rings. The predicted molar refractivity (Wildman–Crippen MR) is 82.8 cm³/mol. The molecule has 5 heteroatoms. The van der Waals surface area contributed by atoms with Crippen molar-refractivity contribution in [2.45, 2.75) is 57.7 Å². The monoisotopic (exact) mass is 298 g/mol. The quantitative estimate of drug-likeness (QED) is 0.214. The van der Waals surface area contributed by atoms with Crippen molar-refractivity contribution in [3.05, 3.63) is 25.3 Å². The smallest absolute Gasteiger partial charge is 0.333 e. The van der Waals surface area contributed by atoms with E-state index in [0.29, 0.717) is 6.42 Å². The molecule has 0 aromatic carbocycles. The number of carbonyl (C=O) groups excluding carboxylic acids is 2. The van der Waals surface area contributed by atoms with Crippen LogP contribution in [0.3, 0.4) is 0 Å². The maximum atomic E-state index is 11.6. The van der Waals surface area contributed by atoms with Crippen LogP contribution in [0.2, 0.25) is 19.6 Å². The molecule has 0 spiro atoms. The second kappa shape index (κ2) is 8.04. The van der Waals surface area contributed by atoms with Crippen LogP contribution in [-0.4, -0.2) is 25.4 Å². The summed E-state index contributed by atoms with van der Waals surface area (Å²) in [6, 6.07) is 0. The lowest BCUT2D eigenvalue weighted by atomic mass is 10.2. The molecule has 0 rings (SSSR count). The van der Waals surface area contributed by atoms with Crippen LogP contribution < -0.4 is 0 Å². The van der Waals surface area contributed by atoms with E-state index in [2.05, 4.69) is 20.1 Å². The highest BCUT2D eigenvalue weighted by Crippen LogP contribution is 2.33. The minimum absolute atomic E-state index is 0.510. The largest absolute Gasteiger partial charge is 0.424 e. The lowest BCUT2D eigenvalue weighted by Gasteiger charge is -2.41. The summed E-state index contributed by atoms with van der Waals surface area (Å²) in [7, 11) is -2.13. The Kier molecular flexibility index (Phi) is 7.49. The molecule has 4 nitrogen and oxygen atoms in total. The summed E-state index contributed by atoms with van der Waals surface area (Å²) in [6.45, 7) is 14.9. The molecular formula is C15H26O4Si. The zero-order chi connectivity index (χ0) is 15.8. The number of carbonyl (C=O) groups is 2. The fraction of sp³-hybridized carbons (Fsp3) is 0.600. The van der Waals surface area contributed by atoms with Crippen molar-refractivity contribution in [3.63, 3.8) is 0 Å². The van der Waals surface area contributed by atoms with Gasteiger partial charge >= 0.3 is 11.9 Å². The summed E-state index contributed by atoms with van der Waals surface area (Å²) in [5, 5.41) is 0. The first-order chi connectivity index (χ1) is 9.22. The molecule has 114 valence electrons. The Balaban J connectivity index is 5.38. The summed E-state index contributed by atoms with van der Waals surface area (Å²) in [4.78, 5) is 23.3. The van der Waals surface area contributed by atoms with Crippen LogP contribution >= 0.6 is 0 Å². The normalized spacial score (nSPS) is 11.6. The molecule has 0 amide bonds. The Labute approximate surface area is 122 Å². The summed E-state index contributed by atoms with van der Waals surface area (Å²) < 4.78 is 11.0. The van der Waals surface area contributed by atoms with Gasteiger partial charge in [0.15, 0.2) is 0 Å². The van der Waals surface area contributed by atoms with E-state index in [4.69, 9.17) is 9.47 Å². The molecule has 0 saturated heterocycles. The number of rotatable bonds is 9. The van der Waals surface area contributed by atoms with Gasteiger partial charge in [-0.1, -0.05) is 52.6 Å². The van der Waals surface area contributed by atoms with Gasteiger partial charge in [-0.3, -0.25) is 0 Å². The van der Waals surface area contributed by atoms with E-state index in [1.54, 1.807) is 0 Å². The average molecular weight is 298 g/mol. The first-order valence-corrected chi connectivity index (χ1v) is 10.4. The Bertz CT molecular complexity index is 347. The average Bonchev–Trinajstić information content (AvgIpc) is 2.37. The van der Waals surface area contributed by atoms with Gasteiger partial charge in [-0.05, 0) is 6.42 Å². The van der Waals surface area contributed by atoms with Crippen LogP contribution in [-0.2, 0) is 19.1 Å². The number of unbranched alkanes of at least 4 members (excludes halogenated alkanes) is 2. The minimum Gasteiger partial charge on any atom is -0.424 e. The fourth-order valence-corrected chi connectivity index (χ4v) is 3.56. The molecule has 0 aromatic rings. The summed E-state index contributed by atoms with van der Waals surface area (Å²) in [6.07, 6.45) is 5.55. The van der Waals surface area contributed by atoms with E-state index in [9.17, 15) is 9.59 Å². The molecule has 0 radical (unpaired) electrons. The van der Waals surface area contributed by atoms with Crippen LogP contribution in [0.4, 0.5) is 0 Å². The first-order valence-electron chi connectivity index (χ1n) is 6.93. The molecule has 0 aliphatic carbocycles. The van der Waals surface area contributed by atoms with E-state index in [1.807, 2.05) is 19.6 Å². The van der Waals surface area contributed by atoms with Crippen LogP contribution in [0.5, 0.6) is 0 Å². The van der Waals surface area contributed by atoms with Gasteiger partial charge in [-0.15, -0.1) is 0 Å². The molecule has 0 aliphatic heterocycles. The van der Waals surface area contributed by atoms with Gasteiger partial charge in [-0.25, -0.2) is 9.59 Å². The molecule has 0 saturated carbocycles. The molecule has 20 heavy (non-hydrogen) atoms. The lowest BCUT2D eigenvalue weighted by molar-refractivity contribution is -0.199. The molecule has 0 bridgehead atoms. The highest BCUT2D eigenvalue weighted by molar-refractivity contribution is 6.78. The van der Waals surface area contributed by atoms with Crippen molar-refractivity contribution >= 4 is 20.0 Å². The summed E-state index contributed by atoms with van der Waals surface area (Å²) in [5.74, 6) is -1.14. The topological polar surface area (TPSA) is 52.6 Å². The van der Waals surface area contributed by atoms with E-state index in [-0.39, 0.29) is 0 Å². The zero-order valence-electron chi connectivity index (χ0n) is 13.0. The minimum atomic E-state index is -2.13. The standard InChI is InChI=1S/C15H26O4Si/c1-7-10-11-12-15(20(4,5)6,18-13(16)8-2)19-14(17)9-3/h8-9H,2-3,7,10-12H2,1,4-6H3. The Morgan fingerprint density at radius 3 is 1.80 bits per heavy atom. The highest BCUT2D eigenvalue weighted by Gasteiger charge is 2.49. The van der Waals surface area contributed by atoms with E-state index in [1.165, 1.54) is 0 Å².